The number of benzene rings is 2. The Labute approximate surface area is 171 Å². The lowest BCUT2D eigenvalue weighted by molar-refractivity contribution is 0.104. The standard InChI is InChI=1S/C23H28O6/c1-25-19-9-5-17(6-10-19)14-27-13-3-4-21(24)23-22(29-23)16-28-15-18-7-11-20(26-2)12-8-18/h3-12,21-24H,13-16H2,1-2H3/b4-3-/t21-,22+,23-/m1/s1. The molecule has 2 aromatic rings. The first-order valence-electron chi connectivity index (χ1n) is 9.61. The largest absolute Gasteiger partial charge is 0.497 e. The maximum atomic E-state index is 10.2. The minimum atomic E-state index is -0.658. The molecule has 3 atom stereocenters. The van der Waals surface area contributed by atoms with Gasteiger partial charge in [0.2, 0.25) is 0 Å². The number of epoxide rings is 1. The third-order valence-electron chi connectivity index (χ3n) is 4.64. The molecule has 6 nitrogen and oxygen atoms in total. The van der Waals surface area contributed by atoms with Gasteiger partial charge >= 0.3 is 0 Å². The summed E-state index contributed by atoms with van der Waals surface area (Å²) in [6.07, 6.45) is 2.57. The van der Waals surface area contributed by atoms with Crippen molar-refractivity contribution in [1.82, 2.24) is 0 Å². The maximum Gasteiger partial charge on any atom is 0.118 e. The van der Waals surface area contributed by atoms with Gasteiger partial charge in [0.25, 0.3) is 0 Å². The normalized spacial score (nSPS) is 19.3. The van der Waals surface area contributed by atoms with E-state index in [9.17, 15) is 5.11 Å². The molecule has 3 rings (SSSR count). The summed E-state index contributed by atoms with van der Waals surface area (Å²) in [5.41, 5.74) is 2.14. The Morgan fingerprint density at radius 2 is 1.45 bits per heavy atom. The lowest BCUT2D eigenvalue weighted by Gasteiger charge is -2.05. The molecule has 1 aliphatic rings. The van der Waals surface area contributed by atoms with Gasteiger partial charge in [-0.3, -0.25) is 0 Å². The highest BCUT2D eigenvalue weighted by Gasteiger charge is 2.43. The highest BCUT2D eigenvalue weighted by atomic mass is 16.6. The molecule has 1 aliphatic heterocycles. The van der Waals surface area contributed by atoms with Crippen molar-refractivity contribution in [2.24, 2.45) is 0 Å². The van der Waals surface area contributed by atoms with Gasteiger partial charge in [-0.25, -0.2) is 0 Å². The van der Waals surface area contributed by atoms with Crippen molar-refractivity contribution in [3.8, 4) is 11.5 Å². The second kappa shape index (κ2) is 11.0. The van der Waals surface area contributed by atoms with Crippen molar-refractivity contribution >= 4 is 0 Å². The summed E-state index contributed by atoms with van der Waals surface area (Å²) in [6, 6.07) is 15.5. The number of rotatable bonds is 12. The van der Waals surface area contributed by atoms with Crippen LogP contribution in [0.15, 0.2) is 60.7 Å². The number of aliphatic hydroxyl groups is 1. The number of hydrogen-bond acceptors (Lipinski definition) is 6. The summed E-state index contributed by atoms with van der Waals surface area (Å²) in [7, 11) is 3.28. The Balaban J connectivity index is 1.27. The van der Waals surface area contributed by atoms with Gasteiger partial charge in [-0.05, 0) is 35.4 Å². The number of hydrogen-bond donors (Lipinski definition) is 1. The van der Waals surface area contributed by atoms with Gasteiger partial charge in [-0.15, -0.1) is 0 Å². The molecule has 6 heteroatoms. The van der Waals surface area contributed by atoms with Crippen molar-refractivity contribution in [2.45, 2.75) is 31.5 Å². The fourth-order valence-electron chi connectivity index (χ4n) is 2.88. The van der Waals surface area contributed by atoms with Crippen LogP contribution in [-0.2, 0) is 27.4 Å². The molecule has 0 radical (unpaired) electrons. The molecule has 0 saturated carbocycles. The first kappa shape index (κ1) is 21.3. The van der Waals surface area contributed by atoms with E-state index in [1.54, 1.807) is 20.3 Å². The van der Waals surface area contributed by atoms with E-state index in [4.69, 9.17) is 23.7 Å². The van der Waals surface area contributed by atoms with Crippen LogP contribution in [0.25, 0.3) is 0 Å². The second-order valence-electron chi connectivity index (χ2n) is 6.78. The van der Waals surface area contributed by atoms with Gasteiger partial charge < -0.3 is 28.8 Å². The van der Waals surface area contributed by atoms with E-state index in [0.29, 0.717) is 26.4 Å². The van der Waals surface area contributed by atoms with Crippen molar-refractivity contribution in [1.29, 1.82) is 0 Å². The van der Waals surface area contributed by atoms with Crippen molar-refractivity contribution in [3.63, 3.8) is 0 Å². The monoisotopic (exact) mass is 400 g/mol. The van der Waals surface area contributed by atoms with Crippen LogP contribution in [0.4, 0.5) is 0 Å². The Morgan fingerprint density at radius 3 is 2.00 bits per heavy atom. The zero-order chi connectivity index (χ0) is 20.5. The zero-order valence-corrected chi connectivity index (χ0v) is 16.8. The van der Waals surface area contributed by atoms with E-state index < -0.39 is 6.10 Å². The van der Waals surface area contributed by atoms with Crippen molar-refractivity contribution in [3.05, 3.63) is 71.8 Å². The van der Waals surface area contributed by atoms with Crippen LogP contribution in [0, 0.1) is 0 Å². The third kappa shape index (κ3) is 6.87. The minimum Gasteiger partial charge on any atom is -0.497 e. The lowest BCUT2D eigenvalue weighted by Crippen LogP contribution is -2.16. The molecule has 1 N–H and O–H groups in total. The Hall–Kier alpha value is -2.38. The van der Waals surface area contributed by atoms with Crippen molar-refractivity contribution < 1.29 is 28.8 Å². The van der Waals surface area contributed by atoms with Gasteiger partial charge in [0.05, 0.1) is 40.6 Å². The highest BCUT2D eigenvalue weighted by molar-refractivity contribution is 5.27. The van der Waals surface area contributed by atoms with Crippen molar-refractivity contribution in [2.75, 3.05) is 27.4 Å². The minimum absolute atomic E-state index is 0.0758. The second-order valence-corrected chi connectivity index (χ2v) is 6.78. The first-order valence-corrected chi connectivity index (χ1v) is 9.61. The first-order chi connectivity index (χ1) is 14.2. The fourth-order valence-corrected chi connectivity index (χ4v) is 2.88. The summed E-state index contributed by atoms with van der Waals surface area (Å²) in [5.74, 6) is 1.64. The van der Waals surface area contributed by atoms with Crippen LogP contribution < -0.4 is 9.47 Å². The predicted molar refractivity (Wildman–Crippen MR) is 109 cm³/mol. The van der Waals surface area contributed by atoms with Crippen LogP contribution in [0.1, 0.15) is 11.1 Å². The molecule has 156 valence electrons. The third-order valence-corrected chi connectivity index (χ3v) is 4.64. The molecule has 0 amide bonds. The zero-order valence-electron chi connectivity index (χ0n) is 16.8. The molecule has 0 aromatic heterocycles. The van der Waals surface area contributed by atoms with Crippen LogP contribution in [0.3, 0.4) is 0 Å². The van der Waals surface area contributed by atoms with Gasteiger partial charge in [0.1, 0.15) is 29.8 Å². The average Bonchev–Trinajstić information content (AvgIpc) is 3.54. The Bertz CT molecular complexity index is 756. The lowest BCUT2D eigenvalue weighted by atomic mass is 10.2. The smallest absolute Gasteiger partial charge is 0.118 e. The molecule has 0 aliphatic carbocycles. The number of aliphatic hydroxyl groups excluding tert-OH is 1. The van der Waals surface area contributed by atoms with E-state index in [0.717, 1.165) is 22.6 Å². The van der Waals surface area contributed by atoms with Gasteiger partial charge in [-0.2, -0.15) is 0 Å². The van der Waals surface area contributed by atoms with Crippen LogP contribution >= 0.6 is 0 Å². The number of ether oxygens (including phenoxy) is 5. The van der Waals surface area contributed by atoms with E-state index in [1.807, 2.05) is 54.6 Å². The summed E-state index contributed by atoms with van der Waals surface area (Å²) < 4.78 is 27.0. The van der Waals surface area contributed by atoms with Gasteiger partial charge in [0, 0.05) is 0 Å². The number of methoxy groups -OCH3 is 2. The molecule has 0 bridgehead atoms. The topological polar surface area (TPSA) is 69.7 Å². The average molecular weight is 400 g/mol. The molecule has 0 unspecified atom stereocenters. The Morgan fingerprint density at radius 1 is 0.897 bits per heavy atom. The van der Waals surface area contributed by atoms with Gasteiger partial charge in [-0.1, -0.05) is 36.4 Å². The maximum absolute atomic E-state index is 10.2. The molecular formula is C23H28O6. The van der Waals surface area contributed by atoms with E-state index >= 15 is 0 Å². The molecular weight excluding hydrogens is 372 g/mol. The molecule has 0 spiro atoms. The Kier molecular flexibility index (Phi) is 8.07. The predicted octanol–water partition coefficient (Wildman–Crippen LogP) is 3.12. The molecule has 1 heterocycles. The molecule has 2 aromatic carbocycles. The quantitative estimate of drug-likeness (QED) is 0.335. The summed E-state index contributed by atoms with van der Waals surface area (Å²) in [6.45, 7) is 1.89. The van der Waals surface area contributed by atoms with Crippen LogP contribution in [-0.4, -0.2) is 50.9 Å². The molecule has 29 heavy (non-hydrogen) atoms. The van der Waals surface area contributed by atoms with E-state index in [-0.39, 0.29) is 12.2 Å². The molecule has 1 saturated heterocycles. The van der Waals surface area contributed by atoms with E-state index in [2.05, 4.69) is 0 Å². The highest BCUT2D eigenvalue weighted by Crippen LogP contribution is 2.27. The van der Waals surface area contributed by atoms with Crippen LogP contribution in [0.5, 0.6) is 11.5 Å². The van der Waals surface area contributed by atoms with E-state index in [1.165, 1.54) is 0 Å². The fraction of sp³-hybridized carbons (Fsp3) is 0.391. The summed E-state index contributed by atoms with van der Waals surface area (Å²) in [5, 5.41) is 10.2. The molecule has 1 fully saturated rings. The summed E-state index contributed by atoms with van der Waals surface area (Å²) >= 11 is 0. The summed E-state index contributed by atoms with van der Waals surface area (Å²) in [4.78, 5) is 0. The van der Waals surface area contributed by atoms with Crippen LogP contribution in [0.2, 0.25) is 0 Å². The van der Waals surface area contributed by atoms with Gasteiger partial charge in [0.15, 0.2) is 0 Å². The SMILES string of the molecule is COc1ccc(COC/C=C\[C@@H](O)[C@H]2O[C@H]2COCc2ccc(OC)cc2)cc1.